The molecule has 0 aliphatic carbocycles. The van der Waals surface area contributed by atoms with Gasteiger partial charge in [0, 0.05) is 16.3 Å². The predicted molar refractivity (Wildman–Crippen MR) is 135 cm³/mol. The summed E-state index contributed by atoms with van der Waals surface area (Å²) < 4.78 is 29.5. The summed E-state index contributed by atoms with van der Waals surface area (Å²) in [5.41, 5.74) is 0.643. The SMILES string of the molecule is CC(C)CCS[C@H]1[C@@H](C(=O)O)[C@H](c2ccc(Cl)cc2)N(S(=O)(=O)c2ccccc2)[C@@H]1C(C)C. The minimum absolute atomic E-state index is 0.0702. The molecule has 0 bridgehead atoms. The third-order valence-corrected chi connectivity index (χ3v) is 9.68. The van der Waals surface area contributed by atoms with Crippen molar-refractivity contribution in [1.29, 1.82) is 0 Å². The van der Waals surface area contributed by atoms with E-state index >= 15 is 0 Å². The molecular weight excluding hydrogens is 478 g/mol. The lowest BCUT2D eigenvalue weighted by molar-refractivity contribution is -0.142. The summed E-state index contributed by atoms with van der Waals surface area (Å²) in [6.45, 7) is 8.20. The van der Waals surface area contributed by atoms with Crippen LogP contribution in [0.3, 0.4) is 0 Å². The van der Waals surface area contributed by atoms with E-state index in [0.29, 0.717) is 16.5 Å². The number of thioether (sulfide) groups is 1. The molecule has 0 amide bonds. The van der Waals surface area contributed by atoms with E-state index in [1.54, 1.807) is 66.4 Å². The average molecular weight is 510 g/mol. The molecule has 1 aliphatic rings. The van der Waals surface area contributed by atoms with Crippen LogP contribution >= 0.6 is 23.4 Å². The monoisotopic (exact) mass is 509 g/mol. The van der Waals surface area contributed by atoms with Gasteiger partial charge in [0.1, 0.15) is 0 Å². The van der Waals surface area contributed by atoms with Crippen LogP contribution in [0.25, 0.3) is 0 Å². The van der Waals surface area contributed by atoms with Crippen molar-refractivity contribution in [1.82, 2.24) is 4.31 Å². The van der Waals surface area contributed by atoms with Gasteiger partial charge in [0.2, 0.25) is 10.0 Å². The number of nitrogens with zero attached hydrogens (tertiary/aromatic N) is 1. The molecule has 0 saturated carbocycles. The maximum absolute atomic E-state index is 14.0. The first-order valence-corrected chi connectivity index (χ1v) is 14.1. The number of hydrogen-bond acceptors (Lipinski definition) is 4. The standard InChI is InChI=1S/C25H32ClNO4S2/c1-16(2)14-15-32-24-21(25(28)29)23(18-10-12-19(26)13-11-18)27(22(24)17(3)4)33(30,31)20-8-6-5-7-9-20/h5-13,16-17,21-24H,14-15H2,1-4H3,(H,28,29)/t21-,22+,23-,24-/m0/s1. The van der Waals surface area contributed by atoms with E-state index in [1.165, 1.54) is 4.31 Å². The molecule has 2 aromatic carbocycles. The molecule has 2 aromatic rings. The second kappa shape index (κ2) is 10.8. The molecule has 1 saturated heterocycles. The van der Waals surface area contributed by atoms with Crippen LogP contribution in [0.15, 0.2) is 59.5 Å². The van der Waals surface area contributed by atoms with Crippen molar-refractivity contribution >= 4 is 39.4 Å². The fourth-order valence-corrected chi connectivity index (χ4v) is 8.70. The van der Waals surface area contributed by atoms with Crippen molar-refractivity contribution in [3.05, 3.63) is 65.2 Å². The summed E-state index contributed by atoms with van der Waals surface area (Å²) in [5, 5.41) is 10.5. The molecule has 3 rings (SSSR count). The summed E-state index contributed by atoms with van der Waals surface area (Å²) in [5.74, 6) is -0.667. The summed E-state index contributed by atoms with van der Waals surface area (Å²) in [7, 11) is -3.96. The van der Waals surface area contributed by atoms with Gasteiger partial charge in [-0.25, -0.2) is 8.42 Å². The first kappa shape index (κ1) is 26.1. The highest BCUT2D eigenvalue weighted by atomic mass is 35.5. The third kappa shape index (κ3) is 5.59. The zero-order valence-corrected chi connectivity index (χ0v) is 21.8. The molecular formula is C25H32ClNO4S2. The Morgan fingerprint density at radius 2 is 1.67 bits per heavy atom. The number of halogens is 1. The van der Waals surface area contributed by atoms with Gasteiger partial charge in [-0.3, -0.25) is 4.79 Å². The topological polar surface area (TPSA) is 74.7 Å². The van der Waals surface area contributed by atoms with Crippen LogP contribution in [0.1, 0.15) is 45.7 Å². The van der Waals surface area contributed by atoms with Crippen molar-refractivity contribution in [2.45, 2.75) is 56.3 Å². The molecule has 1 N–H and O–H groups in total. The van der Waals surface area contributed by atoms with E-state index in [9.17, 15) is 18.3 Å². The summed E-state index contributed by atoms with van der Waals surface area (Å²) in [4.78, 5) is 12.8. The Labute approximate surface area is 206 Å². The highest BCUT2D eigenvalue weighted by Crippen LogP contribution is 2.51. The number of hydrogen-bond donors (Lipinski definition) is 1. The lowest BCUT2D eigenvalue weighted by atomic mass is 9.91. The van der Waals surface area contributed by atoms with Gasteiger partial charge in [-0.05, 0) is 53.8 Å². The van der Waals surface area contributed by atoms with Crippen molar-refractivity contribution in [3.63, 3.8) is 0 Å². The molecule has 1 fully saturated rings. The van der Waals surface area contributed by atoms with E-state index in [0.717, 1.165) is 12.2 Å². The number of carboxylic acid groups (broad SMARTS) is 1. The third-order valence-electron chi connectivity index (χ3n) is 6.10. The molecule has 0 unspecified atom stereocenters. The van der Waals surface area contributed by atoms with E-state index < -0.39 is 34.0 Å². The lowest BCUT2D eigenvalue weighted by Crippen LogP contribution is -2.43. The van der Waals surface area contributed by atoms with Crippen LogP contribution in [0.2, 0.25) is 5.02 Å². The van der Waals surface area contributed by atoms with Crippen molar-refractivity contribution in [2.24, 2.45) is 17.8 Å². The van der Waals surface area contributed by atoms with Crippen molar-refractivity contribution in [3.8, 4) is 0 Å². The molecule has 5 nitrogen and oxygen atoms in total. The minimum atomic E-state index is -3.96. The molecule has 0 aromatic heterocycles. The molecule has 33 heavy (non-hydrogen) atoms. The zero-order valence-electron chi connectivity index (χ0n) is 19.4. The molecule has 4 atom stereocenters. The highest BCUT2D eigenvalue weighted by molar-refractivity contribution is 8.00. The fraction of sp³-hybridized carbons (Fsp3) is 0.480. The van der Waals surface area contributed by atoms with Crippen molar-refractivity contribution < 1.29 is 18.3 Å². The number of rotatable bonds is 9. The van der Waals surface area contributed by atoms with E-state index in [4.69, 9.17) is 11.6 Å². The Kier molecular flexibility index (Phi) is 8.54. The van der Waals surface area contributed by atoms with Gasteiger partial charge in [-0.15, -0.1) is 0 Å². The number of sulfonamides is 1. The van der Waals surface area contributed by atoms with Gasteiger partial charge in [0.25, 0.3) is 0 Å². The number of benzene rings is 2. The Morgan fingerprint density at radius 1 is 1.06 bits per heavy atom. The van der Waals surface area contributed by atoms with Crippen LogP contribution in [-0.2, 0) is 14.8 Å². The molecule has 1 aliphatic heterocycles. The second-order valence-corrected chi connectivity index (χ2v) is 12.8. The molecule has 1 heterocycles. The largest absolute Gasteiger partial charge is 0.481 e. The lowest BCUT2D eigenvalue weighted by Gasteiger charge is -2.33. The van der Waals surface area contributed by atoms with Gasteiger partial charge in [0.15, 0.2) is 0 Å². The molecule has 0 radical (unpaired) electrons. The van der Waals surface area contributed by atoms with Crippen LogP contribution < -0.4 is 0 Å². The van der Waals surface area contributed by atoms with Gasteiger partial charge in [-0.1, -0.05) is 69.6 Å². The molecule has 8 heteroatoms. The summed E-state index contributed by atoms with van der Waals surface area (Å²) in [6, 6.07) is 13.9. The summed E-state index contributed by atoms with van der Waals surface area (Å²) in [6.07, 6.45) is 0.940. The zero-order chi connectivity index (χ0) is 24.3. The Hall–Kier alpha value is -1.54. The molecule has 0 spiro atoms. The molecule has 180 valence electrons. The van der Waals surface area contributed by atoms with Crippen molar-refractivity contribution in [2.75, 3.05) is 5.75 Å². The Balaban J connectivity index is 2.19. The second-order valence-electron chi connectivity index (χ2n) is 9.26. The fourth-order valence-electron chi connectivity index (χ4n) is 4.51. The maximum Gasteiger partial charge on any atom is 0.309 e. The van der Waals surface area contributed by atoms with E-state index in [-0.39, 0.29) is 16.1 Å². The number of aliphatic carboxylic acids is 1. The van der Waals surface area contributed by atoms with E-state index in [2.05, 4.69) is 13.8 Å². The van der Waals surface area contributed by atoms with Crippen LogP contribution in [0, 0.1) is 17.8 Å². The van der Waals surface area contributed by atoms with E-state index in [1.807, 2.05) is 13.8 Å². The summed E-state index contributed by atoms with van der Waals surface area (Å²) >= 11 is 7.68. The van der Waals surface area contributed by atoms with Crippen LogP contribution in [0.4, 0.5) is 0 Å². The predicted octanol–water partition coefficient (Wildman–Crippen LogP) is 5.96. The van der Waals surface area contributed by atoms with Gasteiger partial charge >= 0.3 is 5.97 Å². The average Bonchev–Trinajstić information content (AvgIpc) is 3.11. The van der Waals surface area contributed by atoms with Gasteiger partial charge in [0.05, 0.1) is 16.9 Å². The normalized spacial score (nSPS) is 24.0. The van der Waals surface area contributed by atoms with Gasteiger partial charge in [-0.2, -0.15) is 16.1 Å². The maximum atomic E-state index is 14.0. The Bertz CT molecular complexity index is 1040. The number of carboxylic acids is 1. The van der Waals surface area contributed by atoms with Gasteiger partial charge < -0.3 is 5.11 Å². The van der Waals surface area contributed by atoms with Crippen LogP contribution in [-0.4, -0.2) is 40.8 Å². The quantitative estimate of drug-likeness (QED) is 0.451. The Morgan fingerprint density at radius 3 is 2.18 bits per heavy atom. The first-order chi connectivity index (χ1) is 15.6. The first-order valence-electron chi connectivity index (χ1n) is 11.2. The van der Waals surface area contributed by atoms with Crippen LogP contribution in [0.5, 0.6) is 0 Å². The smallest absolute Gasteiger partial charge is 0.309 e. The highest BCUT2D eigenvalue weighted by Gasteiger charge is 2.58. The number of carbonyl (C=O) groups is 1. The minimum Gasteiger partial charge on any atom is -0.481 e.